The van der Waals surface area contributed by atoms with Crippen molar-refractivity contribution >= 4 is 34.9 Å². The first-order valence-electron chi connectivity index (χ1n) is 19.2. The Morgan fingerprint density at radius 1 is 0.600 bits per heavy atom. The lowest BCUT2D eigenvalue weighted by Gasteiger charge is -2.27. The number of nitrogens with zero attached hydrogens (tertiary/aromatic N) is 2. The van der Waals surface area contributed by atoms with E-state index >= 15 is 0 Å². The lowest BCUT2D eigenvalue weighted by atomic mass is 9.87. The zero-order valence-corrected chi connectivity index (χ0v) is 31.3. The third-order valence-electron chi connectivity index (χ3n) is 10.5. The highest BCUT2D eigenvalue weighted by Crippen LogP contribution is 2.36. The van der Waals surface area contributed by atoms with Gasteiger partial charge in [0.05, 0.1) is 23.2 Å². The van der Waals surface area contributed by atoms with Crippen molar-refractivity contribution in [2.24, 2.45) is 11.8 Å². The predicted octanol–water partition coefficient (Wildman–Crippen LogP) is 7.19. The first-order valence-corrected chi connectivity index (χ1v) is 19.2. The summed E-state index contributed by atoms with van der Waals surface area (Å²) in [5.74, 6) is -1.33. The van der Waals surface area contributed by atoms with E-state index in [1.165, 1.54) is 0 Å². The molecule has 3 aromatic carbocycles. The van der Waals surface area contributed by atoms with Crippen molar-refractivity contribution in [3.05, 3.63) is 83.2 Å². The van der Waals surface area contributed by atoms with Crippen LogP contribution in [-0.2, 0) is 47.9 Å². The number of carbonyl (C=O) groups excluding carboxylic acids is 4. The summed E-state index contributed by atoms with van der Waals surface area (Å²) in [7, 11) is 0. The monoisotopic (exact) mass is 752 g/mol. The molecule has 1 aromatic heterocycles. The van der Waals surface area contributed by atoms with Gasteiger partial charge < -0.3 is 29.2 Å². The van der Waals surface area contributed by atoms with Crippen molar-refractivity contribution < 1.29 is 48.3 Å². The Hall–Kier alpha value is -5.52. The Morgan fingerprint density at radius 2 is 1.00 bits per heavy atom. The maximum Gasteiger partial charge on any atom is 0.314 e. The number of aryl methyl sites for hydroxylation is 4. The third kappa shape index (κ3) is 10.6. The van der Waals surface area contributed by atoms with E-state index in [-0.39, 0.29) is 71.8 Å². The molecule has 0 unspecified atom stereocenters. The maximum atomic E-state index is 13.4. The first kappa shape index (κ1) is 39.2. The summed E-state index contributed by atoms with van der Waals surface area (Å²) >= 11 is 0. The second-order valence-corrected chi connectivity index (χ2v) is 14.5. The number of hydrogen-bond acceptors (Lipinski definition) is 12. The first-order chi connectivity index (χ1) is 26.5. The van der Waals surface area contributed by atoms with Crippen LogP contribution >= 0.6 is 0 Å². The van der Waals surface area contributed by atoms with Gasteiger partial charge in [-0.25, -0.2) is 9.97 Å². The number of phenolic OH excluding ortho intramolecular Hbond substituents is 2. The van der Waals surface area contributed by atoms with Gasteiger partial charge in [-0.3, -0.25) is 19.2 Å². The Balaban J connectivity index is 1.01. The van der Waals surface area contributed by atoms with E-state index in [9.17, 15) is 29.4 Å². The van der Waals surface area contributed by atoms with Gasteiger partial charge in [-0.05, 0) is 125 Å². The fraction of sp³-hybridized carbons (Fsp3) is 0.442. The number of esters is 4. The minimum atomic E-state index is -0.403. The number of carbonyl (C=O) groups is 4. The highest BCUT2D eigenvalue weighted by Gasteiger charge is 2.32. The SMILES string of the molecule is CCc1nc2c(OC(=O)C3CCC(OC(=O)CCc4ccc(O)cc4)CC3)ccc(OC(=O)C3CCC(OC(=O)CCc4ccc(O)cc4)CC3)c2nc1C. The fourth-order valence-electron chi connectivity index (χ4n) is 7.23. The van der Waals surface area contributed by atoms with Gasteiger partial charge in [-0.2, -0.15) is 0 Å². The molecule has 12 heteroatoms. The number of hydrogen-bond donors (Lipinski definition) is 2. The van der Waals surface area contributed by atoms with Crippen LogP contribution in [-0.4, -0.2) is 56.3 Å². The van der Waals surface area contributed by atoms with E-state index in [1.54, 1.807) is 60.7 Å². The molecule has 55 heavy (non-hydrogen) atoms. The van der Waals surface area contributed by atoms with Crippen LogP contribution < -0.4 is 9.47 Å². The summed E-state index contributed by atoms with van der Waals surface area (Å²) in [5, 5.41) is 18.9. The van der Waals surface area contributed by atoms with Gasteiger partial charge >= 0.3 is 23.9 Å². The zero-order chi connectivity index (χ0) is 38.9. The molecule has 2 aliphatic rings. The molecule has 12 nitrogen and oxygen atoms in total. The Labute approximate surface area is 320 Å². The fourth-order valence-corrected chi connectivity index (χ4v) is 7.23. The van der Waals surface area contributed by atoms with Crippen LogP contribution in [0.4, 0.5) is 0 Å². The molecular weight excluding hydrogens is 704 g/mol. The normalized spacial score (nSPS) is 19.7. The molecule has 2 fully saturated rings. The number of aromatic nitrogens is 2. The van der Waals surface area contributed by atoms with Crippen molar-refractivity contribution in [2.75, 3.05) is 0 Å². The van der Waals surface area contributed by atoms with Crippen LogP contribution in [0, 0.1) is 18.8 Å². The molecular formula is C43H48N2O10. The zero-order valence-electron chi connectivity index (χ0n) is 31.3. The molecule has 0 bridgehead atoms. The summed E-state index contributed by atoms with van der Waals surface area (Å²) in [6.07, 6.45) is 5.78. The van der Waals surface area contributed by atoms with E-state index in [0.717, 1.165) is 16.8 Å². The third-order valence-corrected chi connectivity index (χ3v) is 10.5. The molecule has 2 N–H and O–H groups in total. The lowest BCUT2D eigenvalue weighted by Crippen LogP contribution is -2.30. The molecule has 0 saturated heterocycles. The molecule has 6 rings (SSSR count). The van der Waals surface area contributed by atoms with Gasteiger partial charge in [0, 0.05) is 12.8 Å². The summed E-state index contributed by atoms with van der Waals surface area (Å²) in [5.41, 5.74) is 3.94. The second-order valence-electron chi connectivity index (χ2n) is 14.5. The summed E-state index contributed by atoms with van der Waals surface area (Å²) in [6.45, 7) is 3.79. The van der Waals surface area contributed by atoms with E-state index in [1.807, 2.05) is 13.8 Å². The number of ether oxygens (including phenoxy) is 4. The highest BCUT2D eigenvalue weighted by atomic mass is 16.6. The van der Waals surface area contributed by atoms with E-state index in [0.29, 0.717) is 87.4 Å². The number of phenols is 2. The average Bonchev–Trinajstić information content (AvgIpc) is 3.18. The van der Waals surface area contributed by atoms with Crippen molar-refractivity contribution in [3.63, 3.8) is 0 Å². The molecule has 0 radical (unpaired) electrons. The summed E-state index contributed by atoms with van der Waals surface area (Å²) < 4.78 is 23.2. The maximum absolute atomic E-state index is 13.4. The Kier molecular flexibility index (Phi) is 13.0. The molecule has 290 valence electrons. The van der Waals surface area contributed by atoms with Crippen LogP contribution in [0.2, 0.25) is 0 Å². The van der Waals surface area contributed by atoms with Crippen molar-refractivity contribution in [1.29, 1.82) is 0 Å². The predicted molar refractivity (Wildman–Crippen MR) is 201 cm³/mol. The van der Waals surface area contributed by atoms with Crippen molar-refractivity contribution in [1.82, 2.24) is 9.97 Å². The smallest absolute Gasteiger partial charge is 0.314 e. The van der Waals surface area contributed by atoms with E-state index in [4.69, 9.17) is 28.9 Å². The van der Waals surface area contributed by atoms with Gasteiger partial charge in [0.1, 0.15) is 34.7 Å². The largest absolute Gasteiger partial charge is 0.508 e. The van der Waals surface area contributed by atoms with Gasteiger partial charge in [0.15, 0.2) is 11.5 Å². The number of rotatable bonds is 13. The van der Waals surface area contributed by atoms with Crippen LogP contribution in [0.25, 0.3) is 11.0 Å². The highest BCUT2D eigenvalue weighted by molar-refractivity contribution is 5.91. The van der Waals surface area contributed by atoms with Gasteiger partial charge in [-0.15, -0.1) is 0 Å². The summed E-state index contributed by atoms with van der Waals surface area (Å²) in [6, 6.07) is 16.6. The van der Waals surface area contributed by atoms with Crippen molar-refractivity contribution in [2.45, 2.75) is 110 Å². The standard InChI is InChI=1S/C43H48N2O10/c1-3-35-26(2)44-40-36(54-42(50)29-10-18-33(19-11-29)52-38(48)24-8-27-4-14-31(46)15-5-27)22-23-37(41(40)45-35)55-43(51)30-12-20-34(21-13-30)53-39(49)25-9-28-6-16-32(47)17-7-28/h4-7,14-17,22-23,29-30,33-34,46-47H,3,8-13,18-21,24-25H2,1-2H3. The Morgan fingerprint density at radius 3 is 1.40 bits per heavy atom. The molecule has 0 spiro atoms. The number of benzene rings is 3. The lowest BCUT2D eigenvalue weighted by molar-refractivity contribution is -0.153. The Bertz CT molecular complexity index is 1980. The molecule has 2 aliphatic carbocycles. The second kappa shape index (κ2) is 18.2. The number of fused-ring (bicyclic) bond motifs is 1. The van der Waals surface area contributed by atoms with Crippen LogP contribution in [0.5, 0.6) is 23.0 Å². The molecule has 4 aromatic rings. The molecule has 0 amide bonds. The van der Waals surface area contributed by atoms with E-state index < -0.39 is 11.9 Å². The topological polar surface area (TPSA) is 171 Å². The molecule has 0 atom stereocenters. The molecule has 0 aliphatic heterocycles. The minimum Gasteiger partial charge on any atom is -0.508 e. The minimum absolute atomic E-state index is 0.176. The number of aromatic hydroxyl groups is 2. The molecule has 1 heterocycles. The van der Waals surface area contributed by atoms with Crippen LogP contribution in [0.1, 0.15) is 93.6 Å². The summed E-state index contributed by atoms with van der Waals surface area (Å²) in [4.78, 5) is 61.2. The van der Waals surface area contributed by atoms with Gasteiger partial charge in [0.2, 0.25) is 0 Å². The quantitative estimate of drug-likeness (QED) is 0.104. The molecule has 2 saturated carbocycles. The van der Waals surface area contributed by atoms with Crippen LogP contribution in [0.15, 0.2) is 60.7 Å². The van der Waals surface area contributed by atoms with Gasteiger partial charge in [-0.1, -0.05) is 31.2 Å². The van der Waals surface area contributed by atoms with E-state index in [2.05, 4.69) is 0 Å². The van der Waals surface area contributed by atoms with Crippen molar-refractivity contribution in [3.8, 4) is 23.0 Å². The van der Waals surface area contributed by atoms with Crippen LogP contribution in [0.3, 0.4) is 0 Å². The van der Waals surface area contributed by atoms with Gasteiger partial charge in [0.25, 0.3) is 0 Å². The average molecular weight is 753 g/mol.